The number of tetrazole rings is 1. The molecular formula is C14H12N6O. The van der Waals surface area contributed by atoms with Crippen molar-refractivity contribution in [1.29, 1.82) is 0 Å². The van der Waals surface area contributed by atoms with Crippen LogP contribution in [-0.2, 0) is 7.05 Å². The third-order valence-corrected chi connectivity index (χ3v) is 2.91. The molecule has 104 valence electrons. The minimum absolute atomic E-state index is 0.231. The van der Waals surface area contributed by atoms with Gasteiger partial charge in [-0.2, -0.15) is 0 Å². The average molecular weight is 280 g/mol. The molecule has 0 unspecified atom stereocenters. The number of amides is 1. The number of benzene rings is 1. The predicted molar refractivity (Wildman–Crippen MR) is 76.4 cm³/mol. The number of nitrogens with one attached hydrogen (secondary N) is 1. The molecule has 0 aliphatic heterocycles. The lowest BCUT2D eigenvalue weighted by molar-refractivity contribution is 0.102. The van der Waals surface area contributed by atoms with Gasteiger partial charge >= 0.3 is 0 Å². The zero-order valence-corrected chi connectivity index (χ0v) is 11.3. The first kappa shape index (κ1) is 12.9. The highest BCUT2D eigenvalue weighted by atomic mass is 16.1. The molecule has 3 rings (SSSR count). The van der Waals surface area contributed by atoms with Crippen molar-refractivity contribution in [3.8, 4) is 11.4 Å². The minimum Gasteiger partial charge on any atom is -0.307 e. The summed E-state index contributed by atoms with van der Waals surface area (Å²) >= 11 is 0. The number of hydrogen-bond acceptors (Lipinski definition) is 5. The van der Waals surface area contributed by atoms with Gasteiger partial charge in [-0.3, -0.25) is 4.79 Å². The van der Waals surface area contributed by atoms with E-state index in [9.17, 15) is 4.79 Å². The van der Waals surface area contributed by atoms with Crippen molar-refractivity contribution < 1.29 is 4.79 Å². The average Bonchev–Trinajstić information content (AvgIpc) is 2.94. The van der Waals surface area contributed by atoms with Gasteiger partial charge in [0.25, 0.3) is 5.91 Å². The Balaban J connectivity index is 1.86. The molecule has 2 heterocycles. The van der Waals surface area contributed by atoms with Gasteiger partial charge in [0, 0.05) is 24.4 Å². The lowest BCUT2D eigenvalue weighted by Gasteiger charge is -2.05. The first-order chi connectivity index (χ1) is 10.2. The van der Waals surface area contributed by atoms with E-state index in [1.54, 1.807) is 48.3 Å². The Morgan fingerprint density at radius 2 is 2.10 bits per heavy atom. The van der Waals surface area contributed by atoms with Gasteiger partial charge in [0.05, 0.1) is 0 Å². The third kappa shape index (κ3) is 2.76. The Hall–Kier alpha value is -3.09. The zero-order valence-electron chi connectivity index (χ0n) is 11.3. The molecule has 21 heavy (non-hydrogen) atoms. The summed E-state index contributed by atoms with van der Waals surface area (Å²) < 4.78 is 1.55. The van der Waals surface area contributed by atoms with Crippen LogP contribution in [0.3, 0.4) is 0 Å². The van der Waals surface area contributed by atoms with Gasteiger partial charge in [0.2, 0.25) is 0 Å². The zero-order chi connectivity index (χ0) is 14.7. The molecule has 7 nitrogen and oxygen atoms in total. The molecule has 0 fully saturated rings. The number of carbonyl (C=O) groups excluding carboxylic acids is 1. The van der Waals surface area contributed by atoms with Crippen LogP contribution in [0.5, 0.6) is 0 Å². The summed E-state index contributed by atoms with van der Waals surface area (Å²) in [5.41, 5.74) is 1.29. The second-order valence-corrected chi connectivity index (χ2v) is 4.38. The minimum atomic E-state index is -0.231. The van der Waals surface area contributed by atoms with Crippen molar-refractivity contribution in [2.45, 2.75) is 0 Å². The first-order valence-corrected chi connectivity index (χ1v) is 6.29. The Kier molecular flexibility index (Phi) is 3.38. The van der Waals surface area contributed by atoms with Gasteiger partial charge in [-0.15, -0.1) is 5.10 Å². The lowest BCUT2D eigenvalue weighted by atomic mass is 10.1. The molecule has 0 bridgehead atoms. The van der Waals surface area contributed by atoms with Crippen molar-refractivity contribution in [2.75, 3.05) is 5.32 Å². The van der Waals surface area contributed by atoms with Crippen molar-refractivity contribution in [2.24, 2.45) is 7.05 Å². The van der Waals surface area contributed by atoms with Gasteiger partial charge < -0.3 is 5.32 Å². The second-order valence-electron chi connectivity index (χ2n) is 4.38. The highest BCUT2D eigenvalue weighted by Gasteiger charge is 2.11. The van der Waals surface area contributed by atoms with Crippen molar-refractivity contribution >= 4 is 11.7 Å². The van der Waals surface area contributed by atoms with E-state index in [1.807, 2.05) is 12.1 Å². The van der Waals surface area contributed by atoms with Gasteiger partial charge in [-0.1, -0.05) is 18.2 Å². The van der Waals surface area contributed by atoms with Crippen LogP contribution in [0.2, 0.25) is 0 Å². The quantitative estimate of drug-likeness (QED) is 0.786. The number of rotatable bonds is 3. The smallest absolute Gasteiger partial charge is 0.256 e. The Morgan fingerprint density at radius 3 is 2.81 bits per heavy atom. The van der Waals surface area contributed by atoms with Crippen molar-refractivity contribution in [1.82, 2.24) is 25.2 Å². The fraction of sp³-hybridized carbons (Fsp3) is 0.0714. The van der Waals surface area contributed by atoms with Crippen LogP contribution < -0.4 is 5.32 Å². The lowest BCUT2D eigenvalue weighted by Crippen LogP contribution is -2.12. The van der Waals surface area contributed by atoms with Gasteiger partial charge in [-0.05, 0) is 34.7 Å². The van der Waals surface area contributed by atoms with Crippen LogP contribution in [0.1, 0.15) is 10.4 Å². The maximum absolute atomic E-state index is 12.2. The fourth-order valence-corrected chi connectivity index (χ4v) is 1.90. The topological polar surface area (TPSA) is 85.6 Å². The molecule has 7 heteroatoms. The summed E-state index contributed by atoms with van der Waals surface area (Å²) in [5.74, 6) is 0.876. The molecule has 0 saturated heterocycles. The largest absolute Gasteiger partial charge is 0.307 e. The van der Waals surface area contributed by atoms with E-state index in [4.69, 9.17) is 0 Å². The molecular weight excluding hydrogens is 268 g/mol. The number of aryl methyl sites for hydroxylation is 1. The Morgan fingerprint density at radius 1 is 1.19 bits per heavy atom. The SMILES string of the molecule is Cn1nnnc1-c1cccc(C(=O)Nc2ccccn2)c1. The standard InChI is InChI=1S/C14H12N6O/c1-20-13(17-18-19-20)10-5-4-6-11(9-10)14(21)16-12-7-2-3-8-15-12/h2-9H,1H3,(H,15,16,21). The monoisotopic (exact) mass is 280 g/mol. The van der Waals surface area contributed by atoms with Crippen LogP contribution in [0.25, 0.3) is 11.4 Å². The van der Waals surface area contributed by atoms with Crippen LogP contribution in [0.15, 0.2) is 48.7 Å². The summed E-state index contributed by atoms with van der Waals surface area (Å²) in [7, 11) is 1.75. The molecule has 3 aromatic rings. The Labute approximate surface area is 120 Å². The van der Waals surface area contributed by atoms with Crippen LogP contribution in [-0.4, -0.2) is 31.1 Å². The van der Waals surface area contributed by atoms with E-state index in [2.05, 4.69) is 25.8 Å². The van der Waals surface area contributed by atoms with Gasteiger partial charge in [0.15, 0.2) is 5.82 Å². The highest BCUT2D eigenvalue weighted by molar-refractivity contribution is 6.04. The molecule has 1 N–H and O–H groups in total. The summed E-state index contributed by atoms with van der Waals surface area (Å²) in [4.78, 5) is 16.3. The highest BCUT2D eigenvalue weighted by Crippen LogP contribution is 2.17. The number of aromatic nitrogens is 5. The molecule has 0 radical (unpaired) electrons. The third-order valence-electron chi connectivity index (χ3n) is 2.91. The van der Waals surface area contributed by atoms with E-state index in [0.29, 0.717) is 17.2 Å². The van der Waals surface area contributed by atoms with Crippen LogP contribution >= 0.6 is 0 Å². The molecule has 0 saturated carbocycles. The van der Waals surface area contributed by atoms with Crippen molar-refractivity contribution in [3.63, 3.8) is 0 Å². The maximum Gasteiger partial charge on any atom is 0.256 e. The number of carbonyl (C=O) groups is 1. The maximum atomic E-state index is 12.2. The Bertz CT molecular complexity index is 768. The second kappa shape index (κ2) is 5.49. The summed E-state index contributed by atoms with van der Waals surface area (Å²) in [6.07, 6.45) is 1.62. The number of pyridine rings is 1. The number of nitrogens with zero attached hydrogens (tertiary/aromatic N) is 5. The molecule has 0 aliphatic carbocycles. The molecule has 0 aliphatic rings. The van der Waals surface area contributed by atoms with E-state index in [0.717, 1.165) is 5.56 Å². The predicted octanol–water partition coefficient (Wildman–Crippen LogP) is 1.52. The van der Waals surface area contributed by atoms with Crippen molar-refractivity contribution in [3.05, 3.63) is 54.2 Å². The fourth-order valence-electron chi connectivity index (χ4n) is 1.90. The van der Waals surface area contributed by atoms with E-state index in [-0.39, 0.29) is 5.91 Å². The van der Waals surface area contributed by atoms with E-state index in [1.165, 1.54) is 0 Å². The van der Waals surface area contributed by atoms with Gasteiger partial charge in [-0.25, -0.2) is 9.67 Å². The van der Waals surface area contributed by atoms with E-state index < -0.39 is 0 Å². The molecule has 2 aromatic heterocycles. The number of anilines is 1. The van der Waals surface area contributed by atoms with E-state index >= 15 is 0 Å². The molecule has 1 aromatic carbocycles. The van der Waals surface area contributed by atoms with Gasteiger partial charge in [0.1, 0.15) is 5.82 Å². The molecule has 1 amide bonds. The summed E-state index contributed by atoms with van der Waals surface area (Å²) in [5, 5.41) is 14.0. The number of hydrogen-bond donors (Lipinski definition) is 1. The normalized spacial score (nSPS) is 10.3. The van der Waals surface area contributed by atoms with Crippen LogP contribution in [0.4, 0.5) is 5.82 Å². The summed E-state index contributed by atoms with van der Waals surface area (Å²) in [6, 6.07) is 12.4. The first-order valence-electron chi connectivity index (χ1n) is 6.29. The molecule has 0 spiro atoms. The van der Waals surface area contributed by atoms with Crippen LogP contribution in [0, 0.1) is 0 Å². The molecule has 0 atom stereocenters. The summed E-state index contributed by atoms with van der Waals surface area (Å²) in [6.45, 7) is 0.